The summed E-state index contributed by atoms with van der Waals surface area (Å²) in [7, 11) is 0. The molecule has 2 heterocycles. The molecule has 0 saturated carbocycles. The summed E-state index contributed by atoms with van der Waals surface area (Å²) in [5, 5.41) is 3.15. The molecule has 0 aliphatic carbocycles. The van der Waals surface area contributed by atoms with Crippen molar-refractivity contribution >= 4 is 5.96 Å². The molecule has 1 aromatic heterocycles. The van der Waals surface area contributed by atoms with E-state index in [-0.39, 0.29) is 5.54 Å². The van der Waals surface area contributed by atoms with E-state index in [0.29, 0.717) is 12.5 Å². The largest absolute Gasteiger partial charge is 0.379 e. The first-order valence-corrected chi connectivity index (χ1v) is 7.84. The Kier molecular flexibility index (Phi) is 6.15. The number of nitrogens with zero attached hydrogens (tertiary/aromatic N) is 3. The number of hydrogen-bond acceptors (Lipinski definition) is 4. The van der Waals surface area contributed by atoms with Crippen LogP contribution in [0.4, 0.5) is 0 Å². The molecule has 1 saturated heterocycles. The summed E-state index contributed by atoms with van der Waals surface area (Å²) in [6, 6.07) is 5.92. The summed E-state index contributed by atoms with van der Waals surface area (Å²) in [5.74, 6) is 0.497. The van der Waals surface area contributed by atoms with Gasteiger partial charge in [0.25, 0.3) is 0 Å². The van der Waals surface area contributed by atoms with Crippen LogP contribution in [-0.4, -0.2) is 60.8 Å². The summed E-state index contributed by atoms with van der Waals surface area (Å²) in [6.07, 6.45) is 2.64. The normalized spacial score (nSPS) is 17.5. The van der Waals surface area contributed by atoms with Crippen molar-refractivity contribution in [2.45, 2.75) is 25.8 Å². The average Bonchev–Trinajstić information content (AvgIpc) is 2.55. The second-order valence-corrected chi connectivity index (χ2v) is 6.11. The smallest absolute Gasteiger partial charge is 0.188 e. The van der Waals surface area contributed by atoms with Gasteiger partial charge in [0.2, 0.25) is 0 Å². The lowest BCUT2D eigenvalue weighted by molar-refractivity contribution is -0.00682. The Bertz CT molecular complexity index is 469. The van der Waals surface area contributed by atoms with Crippen LogP contribution in [0.2, 0.25) is 0 Å². The maximum absolute atomic E-state index is 5.95. The standard InChI is InChI=1S/C16H27N5O/c1-16(2,21-9-11-22-12-10-21)13-20-15(17)19-8-6-14-5-3-4-7-18-14/h3-5,7H,6,8-13H2,1-2H3,(H3,17,19,20). The Morgan fingerprint density at radius 3 is 2.86 bits per heavy atom. The number of nitrogens with one attached hydrogen (secondary N) is 1. The topological polar surface area (TPSA) is 75.8 Å². The quantitative estimate of drug-likeness (QED) is 0.596. The van der Waals surface area contributed by atoms with Crippen molar-refractivity contribution in [1.29, 1.82) is 0 Å². The molecule has 0 unspecified atom stereocenters. The predicted molar refractivity (Wildman–Crippen MR) is 88.9 cm³/mol. The van der Waals surface area contributed by atoms with E-state index in [4.69, 9.17) is 10.5 Å². The molecule has 0 radical (unpaired) electrons. The number of ether oxygens (including phenoxy) is 1. The minimum absolute atomic E-state index is 0.00291. The van der Waals surface area contributed by atoms with Crippen LogP contribution in [0.25, 0.3) is 0 Å². The lowest BCUT2D eigenvalue weighted by Gasteiger charge is -2.39. The second-order valence-electron chi connectivity index (χ2n) is 6.11. The summed E-state index contributed by atoms with van der Waals surface area (Å²) >= 11 is 0. The minimum atomic E-state index is -0.00291. The molecule has 1 aromatic rings. The van der Waals surface area contributed by atoms with Gasteiger partial charge in [0.1, 0.15) is 0 Å². The van der Waals surface area contributed by atoms with E-state index in [1.165, 1.54) is 0 Å². The lowest BCUT2D eigenvalue weighted by atomic mass is 10.0. The first kappa shape index (κ1) is 16.7. The maximum Gasteiger partial charge on any atom is 0.188 e. The summed E-state index contributed by atoms with van der Waals surface area (Å²) in [5.41, 5.74) is 7.00. The molecule has 122 valence electrons. The summed E-state index contributed by atoms with van der Waals surface area (Å²) in [6.45, 7) is 9.31. The SMILES string of the molecule is CC(C)(CN=C(N)NCCc1ccccn1)N1CCOCC1. The van der Waals surface area contributed by atoms with Crippen molar-refractivity contribution in [3.05, 3.63) is 30.1 Å². The van der Waals surface area contributed by atoms with E-state index in [2.05, 4.69) is 34.0 Å². The van der Waals surface area contributed by atoms with E-state index < -0.39 is 0 Å². The molecule has 0 aromatic carbocycles. The third-order valence-corrected chi connectivity index (χ3v) is 3.92. The molecule has 1 aliphatic rings. The molecule has 6 heteroatoms. The molecule has 22 heavy (non-hydrogen) atoms. The number of aliphatic imine (C=N–C) groups is 1. The first-order chi connectivity index (χ1) is 10.6. The Morgan fingerprint density at radius 1 is 1.41 bits per heavy atom. The Hall–Kier alpha value is -1.66. The summed E-state index contributed by atoms with van der Waals surface area (Å²) in [4.78, 5) is 11.2. The van der Waals surface area contributed by atoms with Crippen molar-refractivity contribution in [3.63, 3.8) is 0 Å². The average molecular weight is 305 g/mol. The molecule has 0 spiro atoms. The fourth-order valence-corrected chi connectivity index (χ4v) is 2.47. The van der Waals surface area contributed by atoms with E-state index in [0.717, 1.165) is 45.0 Å². The van der Waals surface area contributed by atoms with Gasteiger partial charge in [0.05, 0.1) is 19.8 Å². The van der Waals surface area contributed by atoms with Crippen LogP contribution in [-0.2, 0) is 11.2 Å². The summed E-state index contributed by atoms with van der Waals surface area (Å²) < 4.78 is 5.40. The molecule has 1 aliphatic heterocycles. The van der Waals surface area contributed by atoms with Crippen LogP contribution in [0.3, 0.4) is 0 Å². The van der Waals surface area contributed by atoms with E-state index in [1.54, 1.807) is 6.20 Å². The van der Waals surface area contributed by atoms with Crippen molar-refractivity contribution in [3.8, 4) is 0 Å². The van der Waals surface area contributed by atoms with Crippen LogP contribution in [0.15, 0.2) is 29.4 Å². The number of hydrogen-bond donors (Lipinski definition) is 2. The third kappa shape index (κ3) is 5.27. The molecule has 0 atom stereocenters. The van der Waals surface area contributed by atoms with Gasteiger partial charge in [-0.25, -0.2) is 0 Å². The molecule has 1 fully saturated rings. The minimum Gasteiger partial charge on any atom is -0.379 e. The van der Waals surface area contributed by atoms with Gasteiger partial charge in [-0.05, 0) is 26.0 Å². The molecule has 2 rings (SSSR count). The number of rotatable bonds is 6. The monoisotopic (exact) mass is 305 g/mol. The fourth-order valence-electron chi connectivity index (χ4n) is 2.47. The van der Waals surface area contributed by atoms with E-state index in [1.807, 2.05) is 18.2 Å². The maximum atomic E-state index is 5.95. The Morgan fingerprint density at radius 2 is 2.18 bits per heavy atom. The van der Waals surface area contributed by atoms with E-state index >= 15 is 0 Å². The van der Waals surface area contributed by atoms with Gasteiger partial charge in [-0.1, -0.05) is 6.07 Å². The molecule has 6 nitrogen and oxygen atoms in total. The van der Waals surface area contributed by atoms with E-state index in [9.17, 15) is 0 Å². The van der Waals surface area contributed by atoms with Crippen molar-refractivity contribution in [2.75, 3.05) is 39.4 Å². The number of guanidine groups is 1. The Balaban J connectivity index is 1.74. The van der Waals surface area contributed by atoms with Crippen molar-refractivity contribution in [1.82, 2.24) is 15.2 Å². The van der Waals surface area contributed by atoms with Crippen LogP contribution in [0.1, 0.15) is 19.5 Å². The number of nitrogens with two attached hydrogens (primary N) is 1. The van der Waals surface area contributed by atoms with Gasteiger partial charge in [0, 0.05) is 43.5 Å². The first-order valence-electron chi connectivity index (χ1n) is 7.84. The zero-order valence-electron chi connectivity index (χ0n) is 13.6. The van der Waals surface area contributed by atoms with Crippen molar-refractivity contribution < 1.29 is 4.74 Å². The zero-order valence-corrected chi connectivity index (χ0v) is 13.6. The Labute approximate surface area is 132 Å². The number of pyridine rings is 1. The highest BCUT2D eigenvalue weighted by molar-refractivity contribution is 5.77. The van der Waals surface area contributed by atoms with Crippen LogP contribution < -0.4 is 11.1 Å². The van der Waals surface area contributed by atoms with Gasteiger partial charge in [-0.15, -0.1) is 0 Å². The molecule has 0 amide bonds. The van der Waals surface area contributed by atoms with Crippen LogP contribution >= 0.6 is 0 Å². The fraction of sp³-hybridized carbons (Fsp3) is 0.625. The highest BCUT2D eigenvalue weighted by Crippen LogP contribution is 2.16. The van der Waals surface area contributed by atoms with Gasteiger partial charge >= 0.3 is 0 Å². The van der Waals surface area contributed by atoms with Gasteiger partial charge in [-0.2, -0.15) is 0 Å². The number of aromatic nitrogens is 1. The molecule has 0 bridgehead atoms. The third-order valence-electron chi connectivity index (χ3n) is 3.92. The van der Waals surface area contributed by atoms with Gasteiger partial charge < -0.3 is 15.8 Å². The van der Waals surface area contributed by atoms with Crippen molar-refractivity contribution in [2.24, 2.45) is 10.7 Å². The molecule has 3 N–H and O–H groups in total. The molecular weight excluding hydrogens is 278 g/mol. The predicted octanol–water partition coefficient (Wildman–Crippen LogP) is 0.639. The second kappa shape index (κ2) is 8.10. The zero-order chi connectivity index (χ0) is 15.8. The van der Waals surface area contributed by atoms with Gasteiger partial charge in [0.15, 0.2) is 5.96 Å². The van der Waals surface area contributed by atoms with Gasteiger partial charge in [-0.3, -0.25) is 14.9 Å². The molecular formula is C16H27N5O. The van der Waals surface area contributed by atoms with Crippen LogP contribution in [0.5, 0.6) is 0 Å². The highest BCUT2D eigenvalue weighted by Gasteiger charge is 2.27. The number of morpholine rings is 1. The highest BCUT2D eigenvalue weighted by atomic mass is 16.5. The lowest BCUT2D eigenvalue weighted by Crippen LogP contribution is -2.52. The van der Waals surface area contributed by atoms with Crippen LogP contribution in [0, 0.1) is 0 Å².